The van der Waals surface area contributed by atoms with Crippen LogP contribution in [0.25, 0.3) is 0 Å². The Hall–Kier alpha value is -2.39. The van der Waals surface area contributed by atoms with Gasteiger partial charge in [0.25, 0.3) is 0 Å². The Morgan fingerprint density at radius 1 is 1.13 bits per heavy atom. The molecule has 0 heterocycles. The second-order valence-corrected chi connectivity index (χ2v) is 10.9. The number of nitrogens with two attached hydrogens (primary N) is 1. The summed E-state index contributed by atoms with van der Waals surface area (Å²) in [5, 5.41) is 9.09. The minimum Gasteiger partial charge on any atom is -0.398 e. The summed E-state index contributed by atoms with van der Waals surface area (Å²) in [5.74, 6) is 0. The van der Waals surface area contributed by atoms with Gasteiger partial charge in [-0.15, -0.1) is 0 Å². The molecule has 2 aromatic carbocycles. The molecule has 0 radical (unpaired) electrons. The number of sulfone groups is 1. The Morgan fingerprint density at radius 2 is 1.84 bits per heavy atom. The van der Waals surface area contributed by atoms with E-state index < -0.39 is 20.8 Å². The summed E-state index contributed by atoms with van der Waals surface area (Å²) in [6.07, 6.45) is 7.49. The van der Waals surface area contributed by atoms with Crippen molar-refractivity contribution in [2.24, 2.45) is 0 Å². The van der Waals surface area contributed by atoms with E-state index in [1.54, 1.807) is 54.6 Å². The molecule has 10 heteroatoms. The maximum atomic E-state index is 12.9. The summed E-state index contributed by atoms with van der Waals surface area (Å²) < 4.78 is 39.5. The number of nitrogens with one attached hydrogen (secondary N) is 2. The summed E-state index contributed by atoms with van der Waals surface area (Å²) in [5.41, 5.74) is 7.72. The highest BCUT2D eigenvalue weighted by atomic mass is 35.5. The zero-order valence-corrected chi connectivity index (χ0v) is 19.5. The molecule has 4 N–H and O–H groups in total. The SMILES string of the molecule is CS(=O)(=O)C1=CC=CC=C(S(=O)Nc2ccc(N)c(C(=N)c3cccc(Cl)c3Cl)c2)C1. The van der Waals surface area contributed by atoms with Gasteiger partial charge in [-0.1, -0.05) is 47.5 Å². The van der Waals surface area contributed by atoms with E-state index in [9.17, 15) is 12.6 Å². The third kappa shape index (κ3) is 5.46. The third-order valence-electron chi connectivity index (χ3n) is 4.49. The minimum absolute atomic E-state index is 0.0290. The standard InChI is InChI=1S/C21H19Cl2N3O3S2/c1-31(28,29)15-6-3-2-5-14(12-15)30(27)26-13-9-10-19(24)17(11-13)21(25)16-7-4-8-18(22)20(16)23/h2-11,25-26H,12,24H2,1H3. The highest BCUT2D eigenvalue weighted by Crippen LogP contribution is 2.30. The number of benzene rings is 2. The van der Waals surface area contributed by atoms with E-state index in [4.69, 9.17) is 34.3 Å². The minimum atomic E-state index is -3.41. The molecule has 0 aliphatic heterocycles. The van der Waals surface area contributed by atoms with Gasteiger partial charge in [0.05, 0.1) is 15.8 Å². The van der Waals surface area contributed by atoms with Gasteiger partial charge in [0.15, 0.2) is 9.84 Å². The number of allylic oxidation sites excluding steroid dienone is 6. The molecule has 1 aliphatic carbocycles. The Kier molecular flexibility index (Phi) is 7.06. The summed E-state index contributed by atoms with van der Waals surface area (Å²) in [7, 11) is -5.12. The van der Waals surface area contributed by atoms with Gasteiger partial charge in [0.1, 0.15) is 11.0 Å². The fraction of sp³-hybridized carbons (Fsp3) is 0.0952. The first kappa shape index (κ1) is 23.3. The van der Waals surface area contributed by atoms with E-state index in [1.807, 2.05) is 0 Å². The molecule has 0 fully saturated rings. The largest absolute Gasteiger partial charge is 0.398 e. The molecular formula is C21H19Cl2N3O3S2. The molecule has 162 valence electrons. The number of nitrogen functional groups attached to an aromatic ring is 1. The van der Waals surface area contributed by atoms with Gasteiger partial charge in [-0.05, 0) is 36.4 Å². The molecule has 3 rings (SSSR count). The maximum Gasteiger partial charge on any atom is 0.172 e. The van der Waals surface area contributed by atoms with Crippen LogP contribution in [0.1, 0.15) is 17.5 Å². The smallest absolute Gasteiger partial charge is 0.172 e. The Labute approximate surface area is 193 Å². The number of halogens is 2. The van der Waals surface area contributed by atoms with E-state index >= 15 is 0 Å². The molecule has 0 bridgehead atoms. The predicted molar refractivity (Wildman–Crippen MR) is 130 cm³/mol. The van der Waals surface area contributed by atoms with E-state index in [-0.39, 0.29) is 22.1 Å². The number of hydrogen-bond acceptors (Lipinski definition) is 5. The summed E-state index contributed by atoms with van der Waals surface area (Å²) >= 11 is 12.3. The fourth-order valence-electron chi connectivity index (χ4n) is 2.85. The average molecular weight is 496 g/mol. The zero-order valence-electron chi connectivity index (χ0n) is 16.4. The van der Waals surface area contributed by atoms with Crippen molar-refractivity contribution in [2.45, 2.75) is 6.42 Å². The van der Waals surface area contributed by atoms with Crippen LogP contribution < -0.4 is 10.5 Å². The molecule has 6 nitrogen and oxygen atoms in total. The number of anilines is 2. The first-order chi connectivity index (χ1) is 14.6. The highest BCUT2D eigenvalue weighted by molar-refractivity contribution is 7.94. The van der Waals surface area contributed by atoms with Crippen LogP contribution in [0.3, 0.4) is 0 Å². The van der Waals surface area contributed by atoms with Crippen LogP contribution in [0.4, 0.5) is 11.4 Å². The van der Waals surface area contributed by atoms with E-state index in [0.717, 1.165) is 6.26 Å². The van der Waals surface area contributed by atoms with Crippen LogP contribution in [0.15, 0.2) is 70.5 Å². The van der Waals surface area contributed by atoms with Crippen LogP contribution in [-0.2, 0) is 20.8 Å². The fourth-order valence-corrected chi connectivity index (χ4v) is 5.04. The van der Waals surface area contributed by atoms with Gasteiger partial charge in [0.2, 0.25) is 0 Å². The molecule has 1 aliphatic rings. The van der Waals surface area contributed by atoms with Crippen LogP contribution in [0.2, 0.25) is 10.0 Å². The van der Waals surface area contributed by atoms with Crippen molar-refractivity contribution < 1.29 is 12.6 Å². The molecule has 0 spiro atoms. The Bertz CT molecular complexity index is 1280. The van der Waals surface area contributed by atoms with Gasteiger partial charge >= 0.3 is 0 Å². The molecule has 31 heavy (non-hydrogen) atoms. The normalized spacial score (nSPS) is 14.9. The van der Waals surface area contributed by atoms with Crippen molar-refractivity contribution in [1.82, 2.24) is 0 Å². The molecular weight excluding hydrogens is 477 g/mol. The molecule has 1 unspecified atom stereocenters. The summed E-state index contributed by atoms with van der Waals surface area (Å²) in [6, 6.07) is 9.78. The van der Waals surface area contributed by atoms with Crippen molar-refractivity contribution in [1.29, 1.82) is 5.41 Å². The second-order valence-electron chi connectivity index (χ2n) is 6.75. The van der Waals surface area contributed by atoms with Gasteiger partial charge in [0, 0.05) is 45.0 Å². The van der Waals surface area contributed by atoms with Crippen molar-refractivity contribution in [3.63, 3.8) is 0 Å². The van der Waals surface area contributed by atoms with Crippen molar-refractivity contribution in [3.8, 4) is 0 Å². The lowest BCUT2D eigenvalue weighted by molar-refractivity contribution is 0.606. The molecule has 0 saturated heterocycles. The lowest BCUT2D eigenvalue weighted by Crippen LogP contribution is -2.12. The lowest BCUT2D eigenvalue weighted by atomic mass is 10.0. The quantitative estimate of drug-likeness (QED) is 0.392. The molecule has 1 atom stereocenters. The molecule has 0 saturated carbocycles. The van der Waals surface area contributed by atoms with E-state index in [1.165, 1.54) is 6.08 Å². The first-order valence-corrected chi connectivity index (χ1v) is 12.8. The van der Waals surface area contributed by atoms with E-state index in [0.29, 0.717) is 32.4 Å². The summed E-state index contributed by atoms with van der Waals surface area (Å²) in [6.45, 7) is 0. The topological polar surface area (TPSA) is 113 Å². The molecule has 0 amide bonds. The number of rotatable bonds is 6. The second kappa shape index (κ2) is 9.40. The van der Waals surface area contributed by atoms with Crippen LogP contribution in [0, 0.1) is 5.41 Å². The van der Waals surface area contributed by atoms with Gasteiger partial charge in [-0.25, -0.2) is 12.6 Å². The van der Waals surface area contributed by atoms with Crippen molar-refractivity contribution in [2.75, 3.05) is 16.7 Å². The Morgan fingerprint density at radius 3 is 2.55 bits per heavy atom. The van der Waals surface area contributed by atoms with Crippen molar-refractivity contribution >= 4 is 61.1 Å². The van der Waals surface area contributed by atoms with E-state index in [2.05, 4.69) is 4.72 Å². The van der Waals surface area contributed by atoms with Gasteiger partial charge in [-0.2, -0.15) is 0 Å². The average Bonchev–Trinajstić information content (AvgIpc) is 2.97. The monoisotopic (exact) mass is 495 g/mol. The van der Waals surface area contributed by atoms with Gasteiger partial charge in [-0.3, -0.25) is 5.41 Å². The molecule has 0 aromatic heterocycles. The van der Waals surface area contributed by atoms with Crippen LogP contribution >= 0.6 is 23.2 Å². The zero-order chi connectivity index (χ0) is 22.8. The van der Waals surface area contributed by atoms with Gasteiger partial charge < -0.3 is 10.5 Å². The van der Waals surface area contributed by atoms with Crippen LogP contribution in [-0.4, -0.2) is 24.6 Å². The lowest BCUT2D eigenvalue weighted by Gasteiger charge is -2.14. The third-order valence-corrected chi connectivity index (χ3v) is 7.72. The highest BCUT2D eigenvalue weighted by Gasteiger charge is 2.19. The predicted octanol–water partition coefficient (Wildman–Crippen LogP) is 4.84. The summed E-state index contributed by atoms with van der Waals surface area (Å²) in [4.78, 5) is 0.579. The Balaban J connectivity index is 1.87. The molecule has 2 aromatic rings. The number of hydrogen-bond donors (Lipinski definition) is 3. The van der Waals surface area contributed by atoms with Crippen LogP contribution in [0.5, 0.6) is 0 Å². The first-order valence-electron chi connectivity index (χ1n) is 8.95. The van der Waals surface area contributed by atoms with Crippen molar-refractivity contribution in [3.05, 3.63) is 91.7 Å². The maximum absolute atomic E-state index is 12.9.